The molecule has 1 aliphatic heterocycles. The van der Waals surface area contributed by atoms with Gasteiger partial charge < -0.3 is 19.5 Å². The normalized spacial score (nSPS) is 17.7. The summed E-state index contributed by atoms with van der Waals surface area (Å²) in [6.45, 7) is 8.01. The molecular formula is C34H36ClNO3. The third-order valence-electron chi connectivity index (χ3n) is 7.25. The molecular weight excluding hydrogens is 506 g/mol. The highest BCUT2D eigenvalue weighted by Crippen LogP contribution is 2.44. The van der Waals surface area contributed by atoms with Crippen molar-refractivity contribution in [2.24, 2.45) is 0 Å². The van der Waals surface area contributed by atoms with Gasteiger partial charge in [0.25, 0.3) is 0 Å². The van der Waals surface area contributed by atoms with Crippen LogP contribution < -0.4 is 10.1 Å². The average Bonchev–Trinajstić information content (AvgIpc) is 2.92. The number of rotatable bonds is 10. The maximum atomic E-state index is 6.66. The van der Waals surface area contributed by atoms with Crippen molar-refractivity contribution >= 4 is 17.3 Å². The molecule has 2 unspecified atom stereocenters. The van der Waals surface area contributed by atoms with Crippen LogP contribution in [0.2, 0.25) is 5.02 Å². The lowest BCUT2D eigenvalue weighted by Gasteiger charge is -2.44. The number of ether oxygens (including phenoxy) is 3. The fourth-order valence-electron chi connectivity index (χ4n) is 5.06. The molecule has 39 heavy (non-hydrogen) atoms. The number of aryl methyl sites for hydroxylation is 1. The first-order valence-electron chi connectivity index (χ1n) is 13.5. The fraction of sp³-hybridized carbons (Fsp3) is 0.294. The largest absolute Gasteiger partial charge is 0.485 e. The van der Waals surface area contributed by atoms with Crippen LogP contribution in [0.3, 0.4) is 0 Å². The standard InChI is InChI=1S/C34H36ClNO3/c1-24-10-7-8-14-27(24)23-38-33-32(37-19-18-25-11-5-4-6-12-25)30-21-29(16-17-31(30)39-34(33,2)3)36-22-26-13-9-15-28(35)20-26/h4-17,20-21,32-33,36H,18-19,22-23H2,1-3H3. The summed E-state index contributed by atoms with van der Waals surface area (Å²) < 4.78 is 19.8. The third kappa shape index (κ3) is 6.83. The van der Waals surface area contributed by atoms with E-state index in [9.17, 15) is 0 Å². The minimum atomic E-state index is -0.581. The van der Waals surface area contributed by atoms with Crippen LogP contribution in [-0.4, -0.2) is 18.3 Å². The van der Waals surface area contributed by atoms with E-state index in [0.29, 0.717) is 19.8 Å². The first-order valence-corrected chi connectivity index (χ1v) is 13.9. The highest BCUT2D eigenvalue weighted by Gasteiger charge is 2.45. The Morgan fingerprint density at radius 2 is 1.62 bits per heavy atom. The molecule has 0 aliphatic carbocycles. The molecule has 5 rings (SSSR count). The van der Waals surface area contributed by atoms with E-state index in [2.05, 4.69) is 92.8 Å². The summed E-state index contributed by atoms with van der Waals surface area (Å²) in [6, 6.07) is 32.9. The highest BCUT2D eigenvalue weighted by atomic mass is 35.5. The van der Waals surface area contributed by atoms with Crippen LogP contribution in [0, 0.1) is 6.92 Å². The second kappa shape index (κ2) is 12.3. The van der Waals surface area contributed by atoms with E-state index in [4.69, 9.17) is 25.8 Å². The second-order valence-corrected chi connectivity index (χ2v) is 11.1. The molecule has 1 heterocycles. The maximum Gasteiger partial charge on any atom is 0.132 e. The fourth-order valence-corrected chi connectivity index (χ4v) is 5.27. The molecule has 0 saturated heterocycles. The number of hydrogen-bond acceptors (Lipinski definition) is 4. The number of nitrogens with one attached hydrogen (secondary N) is 1. The van der Waals surface area contributed by atoms with Gasteiger partial charge in [0.2, 0.25) is 0 Å². The number of hydrogen-bond donors (Lipinski definition) is 1. The monoisotopic (exact) mass is 541 g/mol. The van der Waals surface area contributed by atoms with E-state index in [0.717, 1.165) is 34.0 Å². The predicted molar refractivity (Wildman–Crippen MR) is 159 cm³/mol. The van der Waals surface area contributed by atoms with Gasteiger partial charge in [-0.3, -0.25) is 0 Å². The van der Waals surface area contributed by atoms with Gasteiger partial charge in [0, 0.05) is 22.8 Å². The second-order valence-electron chi connectivity index (χ2n) is 10.6. The molecule has 4 aromatic carbocycles. The summed E-state index contributed by atoms with van der Waals surface area (Å²) in [4.78, 5) is 0. The van der Waals surface area contributed by atoms with Gasteiger partial charge in [0.15, 0.2) is 0 Å². The summed E-state index contributed by atoms with van der Waals surface area (Å²) in [5, 5.41) is 4.26. The van der Waals surface area contributed by atoms with Crippen LogP contribution in [0.15, 0.2) is 97.1 Å². The van der Waals surface area contributed by atoms with Crippen LogP contribution in [0.25, 0.3) is 0 Å². The molecule has 1 N–H and O–H groups in total. The van der Waals surface area contributed by atoms with Crippen LogP contribution in [0.1, 0.15) is 47.8 Å². The Morgan fingerprint density at radius 3 is 2.41 bits per heavy atom. The Kier molecular flexibility index (Phi) is 8.56. The van der Waals surface area contributed by atoms with Gasteiger partial charge in [-0.25, -0.2) is 0 Å². The van der Waals surface area contributed by atoms with Gasteiger partial charge in [-0.15, -0.1) is 0 Å². The molecule has 0 spiro atoms. The number of anilines is 1. The number of halogens is 1. The van der Waals surface area contributed by atoms with Crippen LogP contribution in [0.4, 0.5) is 5.69 Å². The minimum Gasteiger partial charge on any atom is -0.485 e. The smallest absolute Gasteiger partial charge is 0.132 e. The Morgan fingerprint density at radius 1 is 0.846 bits per heavy atom. The van der Waals surface area contributed by atoms with E-state index in [1.165, 1.54) is 16.7 Å². The first kappa shape index (κ1) is 27.3. The summed E-state index contributed by atoms with van der Waals surface area (Å²) in [5.74, 6) is 0.828. The van der Waals surface area contributed by atoms with Crippen molar-refractivity contribution in [1.29, 1.82) is 0 Å². The van der Waals surface area contributed by atoms with Gasteiger partial charge in [0.1, 0.15) is 23.6 Å². The van der Waals surface area contributed by atoms with E-state index in [1.54, 1.807) is 0 Å². The molecule has 0 bridgehead atoms. The van der Waals surface area contributed by atoms with Crippen molar-refractivity contribution in [1.82, 2.24) is 0 Å². The van der Waals surface area contributed by atoms with E-state index in [-0.39, 0.29) is 12.2 Å². The SMILES string of the molecule is Cc1ccccc1COC1C(OCCc2ccccc2)c2cc(NCc3cccc(Cl)c3)ccc2OC1(C)C. The lowest BCUT2D eigenvalue weighted by atomic mass is 9.87. The lowest BCUT2D eigenvalue weighted by molar-refractivity contribution is -0.167. The summed E-state index contributed by atoms with van der Waals surface area (Å²) in [6.07, 6.45) is 0.235. The molecule has 5 heteroatoms. The maximum absolute atomic E-state index is 6.66. The molecule has 0 saturated carbocycles. The van der Waals surface area contributed by atoms with Crippen LogP contribution in [-0.2, 0) is 29.0 Å². The van der Waals surface area contributed by atoms with Gasteiger partial charge in [0.05, 0.1) is 13.2 Å². The topological polar surface area (TPSA) is 39.7 Å². The van der Waals surface area contributed by atoms with Crippen molar-refractivity contribution in [3.05, 3.63) is 130 Å². The quantitative estimate of drug-likeness (QED) is 0.219. The Balaban J connectivity index is 1.40. The summed E-state index contributed by atoms with van der Waals surface area (Å²) in [5.41, 5.74) is 6.15. The van der Waals surface area contributed by atoms with Crippen LogP contribution >= 0.6 is 11.6 Å². The summed E-state index contributed by atoms with van der Waals surface area (Å²) >= 11 is 6.19. The van der Waals surface area contributed by atoms with E-state index >= 15 is 0 Å². The molecule has 0 aromatic heterocycles. The van der Waals surface area contributed by atoms with Gasteiger partial charge in [-0.2, -0.15) is 0 Å². The predicted octanol–water partition coefficient (Wildman–Crippen LogP) is 8.32. The van der Waals surface area contributed by atoms with E-state index < -0.39 is 5.60 Å². The molecule has 202 valence electrons. The van der Waals surface area contributed by atoms with Crippen LogP contribution in [0.5, 0.6) is 5.75 Å². The molecule has 4 nitrogen and oxygen atoms in total. The van der Waals surface area contributed by atoms with Crippen molar-refractivity contribution in [3.8, 4) is 5.75 Å². The number of benzene rings is 4. The van der Waals surface area contributed by atoms with Crippen molar-refractivity contribution in [2.45, 2.75) is 58.2 Å². The zero-order valence-corrected chi connectivity index (χ0v) is 23.6. The average molecular weight is 542 g/mol. The van der Waals surface area contributed by atoms with Gasteiger partial charge >= 0.3 is 0 Å². The Labute approximate surface area is 236 Å². The summed E-state index contributed by atoms with van der Waals surface area (Å²) in [7, 11) is 0. The van der Waals surface area contributed by atoms with Crippen molar-refractivity contribution in [2.75, 3.05) is 11.9 Å². The Bertz CT molecular complexity index is 1390. The molecule has 0 fully saturated rings. The minimum absolute atomic E-state index is 0.288. The van der Waals surface area contributed by atoms with Gasteiger partial charge in [-0.1, -0.05) is 78.3 Å². The highest BCUT2D eigenvalue weighted by molar-refractivity contribution is 6.30. The molecule has 4 aromatic rings. The molecule has 1 aliphatic rings. The molecule has 0 radical (unpaired) electrons. The lowest BCUT2D eigenvalue weighted by Crippen LogP contribution is -2.51. The van der Waals surface area contributed by atoms with Crippen molar-refractivity contribution in [3.63, 3.8) is 0 Å². The van der Waals surface area contributed by atoms with E-state index in [1.807, 2.05) is 30.3 Å². The van der Waals surface area contributed by atoms with Crippen molar-refractivity contribution < 1.29 is 14.2 Å². The molecule has 2 atom stereocenters. The first-order chi connectivity index (χ1) is 18.9. The molecule has 0 amide bonds. The Hall–Kier alpha value is -3.31. The zero-order chi connectivity index (χ0) is 27.2. The number of fused-ring (bicyclic) bond motifs is 1. The third-order valence-corrected chi connectivity index (χ3v) is 7.48. The van der Waals surface area contributed by atoms with Gasteiger partial charge in [-0.05, 0) is 79.8 Å². The zero-order valence-electron chi connectivity index (χ0n) is 22.8.